The average molecular weight is 286 g/mol. The van der Waals surface area contributed by atoms with E-state index in [1.165, 1.54) is 4.90 Å². The Kier molecular flexibility index (Phi) is 3.56. The summed E-state index contributed by atoms with van der Waals surface area (Å²) in [5, 5.41) is 9.55. The summed E-state index contributed by atoms with van der Waals surface area (Å²) in [7, 11) is 0. The SMILES string of the molecule is CCn1cc(Cl)cc1C(=O)N1CCC(N)(C(=O)O)C1. The number of aliphatic carboxylic acids is 1. The topological polar surface area (TPSA) is 88.6 Å². The van der Waals surface area contributed by atoms with E-state index >= 15 is 0 Å². The van der Waals surface area contributed by atoms with Crippen LogP contribution in [-0.2, 0) is 11.3 Å². The van der Waals surface area contributed by atoms with Gasteiger partial charge in [0.15, 0.2) is 0 Å². The van der Waals surface area contributed by atoms with Crippen molar-refractivity contribution in [2.45, 2.75) is 25.4 Å². The highest BCUT2D eigenvalue weighted by Gasteiger charge is 2.43. The van der Waals surface area contributed by atoms with E-state index in [0.717, 1.165) is 0 Å². The minimum atomic E-state index is -1.34. The molecule has 6 nitrogen and oxygen atoms in total. The van der Waals surface area contributed by atoms with Gasteiger partial charge in [-0.3, -0.25) is 9.59 Å². The second kappa shape index (κ2) is 4.86. The predicted molar refractivity (Wildman–Crippen MR) is 70.2 cm³/mol. The van der Waals surface area contributed by atoms with Gasteiger partial charge in [0, 0.05) is 25.8 Å². The van der Waals surface area contributed by atoms with Crippen molar-refractivity contribution in [2.75, 3.05) is 13.1 Å². The first-order valence-corrected chi connectivity index (χ1v) is 6.42. The molecule has 2 heterocycles. The predicted octanol–water partition coefficient (Wildman–Crippen LogP) is 0.789. The molecule has 0 aromatic carbocycles. The molecule has 2 rings (SSSR count). The maximum atomic E-state index is 12.3. The summed E-state index contributed by atoms with van der Waals surface area (Å²) >= 11 is 5.89. The van der Waals surface area contributed by atoms with E-state index in [4.69, 9.17) is 22.4 Å². The number of aryl methyl sites for hydroxylation is 1. The van der Waals surface area contributed by atoms with Crippen LogP contribution in [-0.4, -0.2) is 45.1 Å². The van der Waals surface area contributed by atoms with Crippen molar-refractivity contribution in [1.82, 2.24) is 9.47 Å². The number of nitrogens with two attached hydrogens (primary N) is 1. The van der Waals surface area contributed by atoms with Gasteiger partial charge in [0.1, 0.15) is 11.2 Å². The highest BCUT2D eigenvalue weighted by molar-refractivity contribution is 6.31. The molecule has 1 atom stereocenters. The lowest BCUT2D eigenvalue weighted by molar-refractivity contribution is -0.142. The number of carboxylic acid groups (broad SMARTS) is 1. The van der Waals surface area contributed by atoms with Crippen LogP contribution in [0.15, 0.2) is 12.3 Å². The smallest absolute Gasteiger partial charge is 0.325 e. The minimum Gasteiger partial charge on any atom is -0.480 e. The molecule has 1 aromatic heterocycles. The van der Waals surface area contributed by atoms with Gasteiger partial charge in [-0.25, -0.2) is 0 Å². The van der Waals surface area contributed by atoms with E-state index in [1.54, 1.807) is 16.8 Å². The summed E-state index contributed by atoms with van der Waals surface area (Å²) < 4.78 is 1.74. The normalized spacial score (nSPS) is 22.8. The number of carbonyl (C=O) groups excluding carboxylic acids is 1. The molecule has 0 saturated carbocycles. The molecule has 1 fully saturated rings. The van der Waals surface area contributed by atoms with Crippen molar-refractivity contribution < 1.29 is 14.7 Å². The maximum Gasteiger partial charge on any atom is 0.325 e. The molecular weight excluding hydrogens is 270 g/mol. The van der Waals surface area contributed by atoms with Gasteiger partial charge < -0.3 is 20.3 Å². The highest BCUT2D eigenvalue weighted by Crippen LogP contribution is 2.23. The minimum absolute atomic E-state index is 0.0215. The first kappa shape index (κ1) is 13.9. The standard InChI is InChI=1S/C12H16ClN3O3/c1-2-15-6-8(13)5-9(15)10(17)16-4-3-12(14,7-16)11(18)19/h5-6H,2-4,7,14H2,1H3,(H,18,19). The molecule has 7 heteroatoms. The van der Waals surface area contributed by atoms with Crippen molar-refractivity contribution in [3.8, 4) is 0 Å². The Bertz CT molecular complexity index is 528. The van der Waals surface area contributed by atoms with Gasteiger partial charge in [0.05, 0.1) is 5.02 Å². The number of rotatable bonds is 3. The fourth-order valence-corrected chi connectivity index (χ4v) is 2.48. The zero-order valence-corrected chi connectivity index (χ0v) is 11.4. The van der Waals surface area contributed by atoms with Crippen LogP contribution in [0.2, 0.25) is 5.02 Å². The van der Waals surface area contributed by atoms with Crippen LogP contribution in [0.4, 0.5) is 0 Å². The molecule has 1 aliphatic rings. The number of nitrogens with zero attached hydrogens (tertiary/aromatic N) is 2. The zero-order valence-electron chi connectivity index (χ0n) is 10.6. The Labute approximate surface area is 115 Å². The third-order valence-electron chi connectivity index (χ3n) is 3.44. The van der Waals surface area contributed by atoms with Crippen LogP contribution in [0, 0.1) is 0 Å². The molecule has 0 bridgehead atoms. The van der Waals surface area contributed by atoms with Gasteiger partial charge in [0.2, 0.25) is 0 Å². The summed E-state index contributed by atoms with van der Waals surface area (Å²) in [5.41, 5.74) is 4.87. The fraction of sp³-hybridized carbons (Fsp3) is 0.500. The van der Waals surface area contributed by atoms with E-state index in [2.05, 4.69) is 0 Å². The fourth-order valence-electron chi connectivity index (χ4n) is 2.26. The number of carbonyl (C=O) groups is 2. The first-order valence-electron chi connectivity index (χ1n) is 6.04. The molecule has 0 aliphatic carbocycles. The Morgan fingerprint density at radius 1 is 1.58 bits per heavy atom. The third-order valence-corrected chi connectivity index (χ3v) is 3.64. The number of carboxylic acids is 1. The average Bonchev–Trinajstić information content (AvgIpc) is 2.93. The molecule has 0 spiro atoms. The van der Waals surface area contributed by atoms with Crippen LogP contribution in [0.25, 0.3) is 0 Å². The lowest BCUT2D eigenvalue weighted by atomic mass is 10.0. The van der Waals surface area contributed by atoms with E-state index in [9.17, 15) is 9.59 Å². The summed E-state index contributed by atoms with van der Waals surface area (Å²) in [6.45, 7) is 2.89. The van der Waals surface area contributed by atoms with Gasteiger partial charge in [-0.05, 0) is 19.4 Å². The van der Waals surface area contributed by atoms with Crippen LogP contribution < -0.4 is 5.73 Å². The number of hydrogen-bond acceptors (Lipinski definition) is 3. The molecule has 104 valence electrons. The van der Waals surface area contributed by atoms with Gasteiger partial charge in [-0.1, -0.05) is 11.6 Å². The van der Waals surface area contributed by atoms with E-state index in [1.807, 2.05) is 6.92 Å². The van der Waals surface area contributed by atoms with Crippen molar-refractivity contribution in [1.29, 1.82) is 0 Å². The Hall–Kier alpha value is -1.53. The van der Waals surface area contributed by atoms with E-state index < -0.39 is 11.5 Å². The zero-order chi connectivity index (χ0) is 14.2. The van der Waals surface area contributed by atoms with Crippen molar-refractivity contribution in [3.05, 3.63) is 23.0 Å². The lowest BCUT2D eigenvalue weighted by Gasteiger charge is -2.20. The van der Waals surface area contributed by atoms with Crippen LogP contribution >= 0.6 is 11.6 Å². The highest BCUT2D eigenvalue weighted by atomic mass is 35.5. The van der Waals surface area contributed by atoms with Gasteiger partial charge in [-0.15, -0.1) is 0 Å². The van der Waals surface area contributed by atoms with Crippen LogP contribution in [0.1, 0.15) is 23.8 Å². The number of amides is 1. The molecule has 1 aromatic rings. The summed E-state index contributed by atoms with van der Waals surface area (Å²) in [6.07, 6.45) is 1.94. The van der Waals surface area contributed by atoms with Gasteiger partial charge in [0.25, 0.3) is 5.91 Å². The third kappa shape index (κ3) is 2.46. The molecule has 19 heavy (non-hydrogen) atoms. The summed E-state index contributed by atoms with van der Waals surface area (Å²) in [6, 6.07) is 1.59. The van der Waals surface area contributed by atoms with Crippen molar-refractivity contribution in [2.24, 2.45) is 5.73 Å². The second-order valence-electron chi connectivity index (χ2n) is 4.77. The number of halogens is 1. The second-order valence-corrected chi connectivity index (χ2v) is 5.20. The molecular formula is C12H16ClN3O3. The molecule has 1 unspecified atom stereocenters. The molecule has 3 N–H and O–H groups in total. The quantitative estimate of drug-likeness (QED) is 0.859. The van der Waals surface area contributed by atoms with Crippen LogP contribution in [0.5, 0.6) is 0 Å². The Morgan fingerprint density at radius 2 is 2.26 bits per heavy atom. The van der Waals surface area contributed by atoms with Gasteiger partial charge >= 0.3 is 5.97 Å². The summed E-state index contributed by atoms with van der Waals surface area (Å²) in [5.74, 6) is -1.31. The number of hydrogen-bond donors (Lipinski definition) is 2. The van der Waals surface area contributed by atoms with Crippen LogP contribution in [0.3, 0.4) is 0 Å². The lowest BCUT2D eigenvalue weighted by Crippen LogP contribution is -2.50. The molecule has 1 saturated heterocycles. The number of aromatic nitrogens is 1. The van der Waals surface area contributed by atoms with E-state index in [-0.39, 0.29) is 18.9 Å². The largest absolute Gasteiger partial charge is 0.480 e. The molecule has 1 amide bonds. The molecule has 1 aliphatic heterocycles. The Morgan fingerprint density at radius 3 is 2.79 bits per heavy atom. The first-order chi connectivity index (χ1) is 8.87. The van der Waals surface area contributed by atoms with Crippen molar-refractivity contribution in [3.63, 3.8) is 0 Å². The number of likely N-dealkylation sites (tertiary alicyclic amines) is 1. The Balaban J connectivity index is 2.20. The monoisotopic (exact) mass is 285 g/mol. The van der Waals surface area contributed by atoms with Crippen molar-refractivity contribution >= 4 is 23.5 Å². The van der Waals surface area contributed by atoms with Gasteiger partial charge in [-0.2, -0.15) is 0 Å². The summed E-state index contributed by atoms with van der Waals surface area (Å²) in [4.78, 5) is 24.9. The maximum absolute atomic E-state index is 12.3. The van der Waals surface area contributed by atoms with E-state index in [0.29, 0.717) is 23.8 Å². The molecule has 0 radical (unpaired) electrons.